The molecule has 12 heteroatoms. The van der Waals surface area contributed by atoms with E-state index in [2.05, 4.69) is 38.9 Å². The highest BCUT2D eigenvalue weighted by molar-refractivity contribution is 5.95. The van der Waals surface area contributed by atoms with Crippen molar-refractivity contribution in [1.82, 2.24) is 40.6 Å². The lowest BCUT2D eigenvalue weighted by atomic mass is 9.67. The minimum absolute atomic E-state index is 0.0884. The second kappa shape index (κ2) is 13.2. The standard InChI is InChI=1S/C33H41N9O3/c1-6-25(35-20-29(43)42-15-7-8-26(42)19-34)18-33(32-36-38-39-37-32)27-13-11-23(30(44)40(2)3)16-21(27)9-10-22-17-24(12-14-28(22)33)31(45)41(4)5/h11-14,16-17,25-26,35H,6-10,15,18,20H2,1-5H3,(H,36,37,38,39)/t25-,26?/m0/s1. The number of H-pyrrole nitrogens is 1. The lowest BCUT2D eigenvalue weighted by Gasteiger charge is -2.37. The Labute approximate surface area is 263 Å². The van der Waals surface area contributed by atoms with E-state index >= 15 is 0 Å². The number of aromatic nitrogens is 4. The smallest absolute Gasteiger partial charge is 0.253 e. The molecule has 1 unspecified atom stereocenters. The van der Waals surface area contributed by atoms with E-state index in [1.165, 1.54) is 0 Å². The summed E-state index contributed by atoms with van der Waals surface area (Å²) in [5, 5.41) is 28.5. The molecule has 2 aliphatic rings. The van der Waals surface area contributed by atoms with Gasteiger partial charge in [0.15, 0.2) is 5.82 Å². The normalized spacial score (nSPS) is 17.4. The highest BCUT2D eigenvalue weighted by Crippen LogP contribution is 2.47. The molecule has 0 bridgehead atoms. The van der Waals surface area contributed by atoms with Gasteiger partial charge in [-0.1, -0.05) is 19.1 Å². The zero-order valence-corrected chi connectivity index (χ0v) is 26.6. The molecule has 12 nitrogen and oxygen atoms in total. The van der Waals surface area contributed by atoms with Crippen LogP contribution in [0.25, 0.3) is 0 Å². The summed E-state index contributed by atoms with van der Waals surface area (Å²) in [6.07, 6.45) is 4.02. The van der Waals surface area contributed by atoms with E-state index in [0.717, 1.165) is 28.7 Å². The van der Waals surface area contributed by atoms with Crippen LogP contribution in [0.4, 0.5) is 0 Å². The summed E-state index contributed by atoms with van der Waals surface area (Å²) >= 11 is 0. The van der Waals surface area contributed by atoms with E-state index in [1.807, 2.05) is 36.4 Å². The van der Waals surface area contributed by atoms with Gasteiger partial charge in [0.05, 0.1) is 18.0 Å². The van der Waals surface area contributed by atoms with Gasteiger partial charge >= 0.3 is 0 Å². The number of carbonyl (C=O) groups excluding carboxylic acids is 3. The van der Waals surface area contributed by atoms with Crippen molar-refractivity contribution < 1.29 is 14.4 Å². The quantitative estimate of drug-likeness (QED) is 0.374. The summed E-state index contributed by atoms with van der Waals surface area (Å²) in [5.74, 6) is 0.276. The fourth-order valence-electron chi connectivity index (χ4n) is 6.81. The Morgan fingerprint density at radius 3 is 2.13 bits per heavy atom. The lowest BCUT2D eigenvalue weighted by Crippen LogP contribution is -2.46. The molecule has 0 saturated carbocycles. The molecule has 1 aliphatic carbocycles. The number of nitrogens with one attached hydrogen (secondary N) is 2. The Hall–Kier alpha value is -4.63. The molecule has 236 valence electrons. The summed E-state index contributed by atoms with van der Waals surface area (Å²) in [5.41, 5.74) is 4.22. The van der Waals surface area contributed by atoms with Gasteiger partial charge < -0.3 is 20.0 Å². The van der Waals surface area contributed by atoms with Gasteiger partial charge in [-0.15, -0.1) is 5.10 Å². The molecule has 1 aliphatic heterocycles. The highest BCUT2D eigenvalue weighted by atomic mass is 16.2. The van der Waals surface area contributed by atoms with Crippen LogP contribution in [0.1, 0.15) is 81.4 Å². The second-order valence-corrected chi connectivity index (χ2v) is 12.4. The fraction of sp³-hybridized carbons (Fsp3) is 0.485. The minimum Gasteiger partial charge on any atom is -0.345 e. The number of benzene rings is 2. The summed E-state index contributed by atoms with van der Waals surface area (Å²) in [7, 11) is 6.93. The zero-order chi connectivity index (χ0) is 32.3. The molecule has 3 aromatic rings. The van der Waals surface area contributed by atoms with Crippen molar-refractivity contribution >= 4 is 17.7 Å². The van der Waals surface area contributed by atoms with Gasteiger partial charge in [-0.05, 0) is 95.5 Å². The summed E-state index contributed by atoms with van der Waals surface area (Å²) in [6, 6.07) is 13.3. The Morgan fingerprint density at radius 1 is 1.04 bits per heavy atom. The van der Waals surface area contributed by atoms with Gasteiger partial charge in [-0.2, -0.15) is 5.26 Å². The van der Waals surface area contributed by atoms with Crippen molar-refractivity contribution in [3.63, 3.8) is 0 Å². The van der Waals surface area contributed by atoms with Crippen molar-refractivity contribution in [2.75, 3.05) is 41.3 Å². The third kappa shape index (κ3) is 6.04. The second-order valence-electron chi connectivity index (χ2n) is 12.4. The molecule has 2 heterocycles. The average Bonchev–Trinajstić information content (AvgIpc) is 3.74. The van der Waals surface area contributed by atoms with Crippen LogP contribution in [0.5, 0.6) is 0 Å². The topological polar surface area (TPSA) is 151 Å². The molecule has 2 aromatic carbocycles. The van der Waals surface area contributed by atoms with E-state index in [1.54, 1.807) is 42.9 Å². The maximum absolute atomic E-state index is 13.2. The van der Waals surface area contributed by atoms with E-state index in [-0.39, 0.29) is 36.3 Å². The van der Waals surface area contributed by atoms with Crippen molar-refractivity contribution in [1.29, 1.82) is 5.26 Å². The van der Waals surface area contributed by atoms with Crippen LogP contribution in [0.3, 0.4) is 0 Å². The number of likely N-dealkylation sites (tertiary alicyclic amines) is 1. The van der Waals surface area contributed by atoms with Crippen LogP contribution in [0.2, 0.25) is 0 Å². The molecule has 0 radical (unpaired) electrons. The van der Waals surface area contributed by atoms with Crippen LogP contribution in [0, 0.1) is 11.3 Å². The lowest BCUT2D eigenvalue weighted by molar-refractivity contribution is -0.130. The number of carbonyl (C=O) groups is 3. The zero-order valence-electron chi connectivity index (χ0n) is 26.6. The molecule has 1 aromatic heterocycles. The molecule has 1 saturated heterocycles. The number of tetrazole rings is 1. The Morgan fingerprint density at radius 2 is 1.64 bits per heavy atom. The first-order valence-corrected chi connectivity index (χ1v) is 15.5. The van der Waals surface area contributed by atoms with Crippen LogP contribution >= 0.6 is 0 Å². The van der Waals surface area contributed by atoms with E-state index in [4.69, 9.17) is 0 Å². The molecule has 0 spiro atoms. The van der Waals surface area contributed by atoms with Crippen molar-refractivity contribution in [3.05, 3.63) is 75.6 Å². The number of amides is 3. The van der Waals surface area contributed by atoms with E-state index in [0.29, 0.717) is 55.6 Å². The summed E-state index contributed by atoms with van der Waals surface area (Å²) < 4.78 is 0. The van der Waals surface area contributed by atoms with Crippen molar-refractivity contribution in [2.45, 2.75) is 62.9 Å². The number of nitriles is 1. The van der Waals surface area contributed by atoms with Gasteiger partial charge in [0.25, 0.3) is 11.8 Å². The van der Waals surface area contributed by atoms with Crippen LogP contribution in [0.15, 0.2) is 36.4 Å². The van der Waals surface area contributed by atoms with Gasteiger partial charge in [0, 0.05) is 51.9 Å². The van der Waals surface area contributed by atoms with Gasteiger partial charge in [0.2, 0.25) is 5.91 Å². The van der Waals surface area contributed by atoms with E-state index in [9.17, 15) is 19.6 Å². The molecule has 5 rings (SSSR count). The number of hydrogen-bond acceptors (Lipinski definition) is 8. The van der Waals surface area contributed by atoms with Crippen LogP contribution < -0.4 is 5.32 Å². The molecule has 3 amide bonds. The van der Waals surface area contributed by atoms with Crippen molar-refractivity contribution in [2.24, 2.45) is 0 Å². The Bertz CT molecular complexity index is 1540. The molecule has 45 heavy (non-hydrogen) atoms. The third-order valence-electron chi connectivity index (χ3n) is 9.16. The Kier molecular flexibility index (Phi) is 9.29. The van der Waals surface area contributed by atoms with Crippen LogP contribution in [-0.4, -0.2) is 106 Å². The van der Waals surface area contributed by atoms with Gasteiger partial charge in [0.1, 0.15) is 6.04 Å². The molecular weight excluding hydrogens is 570 g/mol. The number of rotatable bonds is 9. The van der Waals surface area contributed by atoms with Crippen molar-refractivity contribution in [3.8, 4) is 6.07 Å². The fourth-order valence-corrected chi connectivity index (χ4v) is 6.81. The largest absolute Gasteiger partial charge is 0.345 e. The Balaban J connectivity index is 1.63. The predicted molar refractivity (Wildman–Crippen MR) is 167 cm³/mol. The first kappa shape index (κ1) is 31.8. The molecule has 1 fully saturated rings. The molecule has 2 N–H and O–H groups in total. The maximum Gasteiger partial charge on any atom is 0.253 e. The minimum atomic E-state index is -0.885. The molecule has 2 atom stereocenters. The molecular formula is C33H41N9O3. The summed E-state index contributed by atoms with van der Waals surface area (Å²) in [4.78, 5) is 44.0. The average molecular weight is 612 g/mol. The number of fused-ring (bicyclic) bond motifs is 2. The van der Waals surface area contributed by atoms with E-state index < -0.39 is 5.41 Å². The predicted octanol–water partition coefficient (Wildman–Crippen LogP) is 2.31. The number of aromatic amines is 1. The van der Waals surface area contributed by atoms with Gasteiger partial charge in [-0.25, -0.2) is 5.10 Å². The third-order valence-corrected chi connectivity index (χ3v) is 9.16. The first-order chi connectivity index (χ1) is 21.6. The SMILES string of the molecule is CC[C@@H](CC1(c2nnn[nH]2)c2ccc(C(=O)N(C)C)cc2CCc2cc(C(=O)N(C)C)ccc21)NCC(=O)N1CCCC1C#N. The number of aryl methyl sites for hydroxylation is 2. The van der Waals surface area contributed by atoms with Gasteiger partial charge in [-0.3, -0.25) is 14.4 Å². The van der Waals surface area contributed by atoms with Crippen LogP contribution in [-0.2, 0) is 23.1 Å². The monoisotopic (exact) mass is 611 g/mol. The maximum atomic E-state index is 13.2. The number of nitrogens with zero attached hydrogens (tertiary/aromatic N) is 7. The number of hydrogen-bond donors (Lipinski definition) is 2. The summed E-state index contributed by atoms with van der Waals surface area (Å²) in [6.45, 7) is 2.76. The first-order valence-electron chi connectivity index (χ1n) is 15.5. The highest BCUT2D eigenvalue weighted by Gasteiger charge is 2.46.